The Morgan fingerprint density at radius 1 is 1.24 bits per heavy atom. The molecule has 3 nitrogen and oxygen atoms in total. The number of rotatable bonds is 6. The van der Waals surface area contributed by atoms with Crippen molar-refractivity contribution in [1.82, 2.24) is 9.80 Å². The summed E-state index contributed by atoms with van der Waals surface area (Å²) in [4.78, 5) is 17.5. The maximum Gasteiger partial charge on any atom is 0.179 e. The highest BCUT2D eigenvalue weighted by molar-refractivity contribution is 6.00. The molecule has 1 aliphatic rings. The van der Waals surface area contributed by atoms with Gasteiger partial charge in [0.05, 0.1) is 6.04 Å². The van der Waals surface area contributed by atoms with Gasteiger partial charge in [0.1, 0.15) is 0 Å². The minimum Gasteiger partial charge on any atom is -0.303 e. The number of Topliss-reactive ketones (excluding diaryl/α,β-unsaturated/α-hetero) is 1. The summed E-state index contributed by atoms with van der Waals surface area (Å²) in [5, 5.41) is 0. The zero-order valence-electron chi connectivity index (χ0n) is 13.6. The van der Waals surface area contributed by atoms with E-state index in [1.807, 2.05) is 30.3 Å². The summed E-state index contributed by atoms with van der Waals surface area (Å²) in [5.41, 5.74) is 0.835. The van der Waals surface area contributed by atoms with Crippen molar-refractivity contribution in [1.29, 1.82) is 0 Å². The first-order valence-corrected chi connectivity index (χ1v) is 8.20. The number of piperidine rings is 1. The van der Waals surface area contributed by atoms with Crippen LogP contribution >= 0.6 is 0 Å². The van der Waals surface area contributed by atoms with Crippen LogP contribution in [-0.2, 0) is 0 Å². The lowest BCUT2D eigenvalue weighted by Gasteiger charge is -2.39. The van der Waals surface area contributed by atoms with Gasteiger partial charge >= 0.3 is 0 Å². The minimum atomic E-state index is 0.00516. The Bertz CT molecular complexity index is 438. The molecule has 1 heterocycles. The Hall–Kier alpha value is -1.19. The van der Waals surface area contributed by atoms with Crippen LogP contribution in [0, 0.1) is 0 Å². The molecule has 0 N–H and O–H groups in total. The van der Waals surface area contributed by atoms with Crippen molar-refractivity contribution < 1.29 is 4.79 Å². The van der Waals surface area contributed by atoms with E-state index in [0.717, 1.165) is 31.6 Å². The quantitative estimate of drug-likeness (QED) is 0.752. The van der Waals surface area contributed by atoms with Gasteiger partial charge in [0.25, 0.3) is 0 Å². The van der Waals surface area contributed by atoms with Crippen molar-refractivity contribution in [3.8, 4) is 0 Å². The Labute approximate surface area is 128 Å². The molecular formula is C18H28N2O. The number of likely N-dealkylation sites (tertiary alicyclic amines) is 1. The predicted octanol–water partition coefficient (Wildman–Crippen LogP) is 3.06. The first-order chi connectivity index (χ1) is 10.2. The van der Waals surface area contributed by atoms with E-state index in [9.17, 15) is 4.79 Å². The van der Waals surface area contributed by atoms with E-state index in [1.54, 1.807) is 0 Å². The molecule has 2 rings (SSSR count). The molecule has 21 heavy (non-hydrogen) atoms. The molecule has 1 atom stereocenters. The third kappa shape index (κ3) is 3.92. The maximum atomic E-state index is 12.7. The summed E-state index contributed by atoms with van der Waals surface area (Å²) in [6.07, 6.45) is 3.21. The number of benzene rings is 1. The van der Waals surface area contributed by atoms with Crippen molar-refractivity contribution in [2.45, 2.75) is 45.2 Å². The first-order valence-electron chi connectivity index (χ1n) is 8.20. The summed E-state index contributed by atoms with van der Waals surface area (Å²) in [6, 6.07) is 10.2. The van der Waals surface area contributed by atoms with E-state index in [-0.39, 0.29) is 11.8 Å². The second kappa shape index (κ2) is 7.71. The van der Waals surface area contributed by atoms with Crippen LogP contribution in [0.25, 0.3) is 0 Å². The van der Waals surface area contributed by atoms with Crippen molar-refractivity contribution in [2.24, 2.45) is 0 Å². The molecule has 1 saturated heterocycles. The van der Waals surface area contributed by atoms with E-state index in [1.165, 1.54) is 12.8 Å². The van der Waals surface area contributed by atoms with Crippen LogP contribution in [0.5, 0.6) is 0 Å². The van der Waals surface area contributed by atoms with E-state index in [2.05, 4.69) is 30.7 Å². The summed E-state index contributed by atoms with van der Waals surface area (Å²) >= 11 is 0. The fourth-order valence-electron chi connectivity index (χ4n) is 3.35. The molecule has 3 heteroatoms. The predicted molar refractivity (Wildman–Crippen MR) is 87.8 cm³/mol. The topological polar surface area (TPSA) is 23.6 Å². The number of hydrogen-bond donors (Lipinski definition) is 0. The van der Waals surface area contributed by atoms with Gasteiger partial charge in [-0.1, -0.05) is 44.2 Å². The lowest BCUT2D eigenvalue weighted by Crippen LogP contribution is -2.49. The van der Waals surface area contributed by atoms with E-state index in [0.29, 0.717) is 6.04 Å². The highest BCUT2D eigenvalue weighted by atomic mass is 16.1. The van der Waals surface area contributed by atoms with Crippen LogP contribution in [0.4, 0.5) is 0 Å². The molecule has 1 fully saturated rings. The molecular weight excluding hydrogens is 260 g/mol. The molecule has 0 amide bonds. The third-order valence-electron chi connectivity index (χ3n) is 4.82. The zero-order chi connectivity index (χ0) is 15.2. The van der Waals surface area contributed by atoms with Gasteiger partial charge in [-0.3, -0.25) is 9.69 Å². The Balaban J connectivity index is 2.02. The van der Waals surface area contributed by atoms with Gasteiger partial charge in [0.15, 0.2) is 5.78 Å². The molecule has 0 radical (unpaired) electrons. The molecule has 1 aliphatic heterocycles. The van der Waals surface area contributed by atoms with Gasteiger partial charge < -0.3 is 4.90 Å². The molecule has 0 saturated carbocycles. The molecule has 1 unspecified atom stereocenters. The fraction of sp³-hybridized carbons (Fsp3) is 0.611. The summed E-state index contributed by atoms with van der Waals surface area (Å²) in [5.74, 6) is 0.263. The molecule has 1 aromatic rings. The molecule has 0 aliphatic carbocycles. The second-order valence-corrected chi connectivity index (χ2v) is 5.99. The van der Waals surface area contributed by atoms with Crippen molar-refractivity contribution >= 4 is 5.78 Å². The second-order valence-electron chi connectivity index (χ2n) is 5.99. The maximum absolute atomic E-state index is 12.7. The normalized spacial score (nSPS) is 18.9. The first kappa shape index (κ1) is 16.2. The largest absolute Gasteiger partial charge is 0.303 e. The van der Waals surface area contributed by atoms with Crippen LogP contribution in [0.1, 0.15) is 43.5 Å². The number of ketones is 1. The van der Waals surface area contributed by atoms with Crippen LogP contribution in [0.2, 0.25) is 0 Å². The molecule has 0 spiro atoms. The molecule has 0 aromatic heterocycles. The average molecular weight is 288 g/mol. The number of carbonyl (C=O) groups is 1. The highest BCUT2D eigenvalue weighted by Crippen LogP contribution is 2.20. The monoisotopic (exact) mass is 288 g/mol. The van der Waals surface area contributed by atoms with Gasteiger partial charge in [-0.15, -0.1) is 0 Å². The van der Waals surface area contributed by atoms with Gasteiger partial charge in [-0.25, -0.2) is 0 Å². The van der Waals surface area contributed by atoms with Gasteiger partial charge in [-0.2, -0.15) is 0 Å². The lowest BCUT2D eigenvalue weighted by atomic mass is 9.96. The highest BCUT2D eigenvalue weighted by Gasteiger charge is 2.29. The third-order valence-corrected chi connectivity index (χ3v) is 4.82. The van der Waals surface area contributed by atoms with Crippen LogP contribution in [-0.4, -0.2) is 54.3 Å². The van der Waals surface area contributed by atoms with Crippen LogP contribution in [0.15, 0.2) is 30.3 Å². The Kier molecular flexibility index (Phi) is 5.95. The minimum absolute atomic E-state index is 0.00516. The van der Waals surface area contributed by atoms with Gasteiger partial charge in [0.2, 0.25) is 0 Å². The van der Waals surface area contributed by atoms with Crippen LogP contribution < -0.4 is 0 Å². The van der Waals surface area contributed by atoms with E-state index >= 15 is 0 Å². The number of likely N-dealkylation sites (N-methyl/N-ethyl adjacent to an activating group) is 1. The van der Waals surface area contributed by atoms with Crippen LogP contribution in [0.3, 0.4) is 0 Å². The molecule has 1 aromatic carbocycles. The number of carbonyl (C=O) groups excluding carboxylic acids is 1. The van der Waals surface area contributed by atoms with Gasteiger partial charge in [0, 0.05) is 11.6 Å². The van der Waals surface area contributed by atoms with Crippen molar-refractivity contribution in [2.75, 3.05) is 26.7 Å². The fourth-order valence-corrected chi connectivity index (χ4v) is 3.35. The standard InChI is InChI=1S/C18H28N2O/c1-4-17(18(21)15-9-7-6-8-10-15)19(3)16-11-13-20(5-2)14-12-16/h6-10,16-17H,4-5,11-14H2,1-3H3. The van der Waals surface area contributed by atoms with Crippen molar-refractivity contribution in [3.05, 3.63) is 35.9 Å². The zero-order valence-corrected chi connectivity index (χ0v) is 13.6. The molecule has 116 valence electrons. The Morgan fingerprint density at radius 2 is 1.86 bits per heavy atom. The van der Waals surface area contributed by atoms with Gasteiger partial charge in [-0.05, 0) is 45.9 Å². The van der Waals surface area contributed by atoms with E-state index in [4.69, 9.17) is 0 Å². The number of nitrogens with zero attached hydrogens (tertiary/aromatic N) is 2. The molecule has 0 bridgehead atoms. The summed E-state index contributed by atoms with van der Waals surface area (Å²) in [6.45, 7) is 7.78. The number of hydrogen-bond acceptors (Lipinski definition) is 3. The van der Waals surface area contributed by atoms with Crippen molar-refractivity contribution in [3.63, 3.8) is 0 Å². The average Bonchev–Trinajstić information content (AvgIpc) is 2.56. The lowest BCUT2D eigenvalue weighted by molar-refractivity contribution is 0.0671. The summed E-state index contributed by atoms with van der Waals surface area (Å²) in [7, 11) is 2.13. The Morgan fingerprint density at radius 3 is 2.38 bits per heavy atom. The summed E-state index contributed by atoms with van der Waals surface area (Å²) < 4.78 is 0. The van der Waals surface area contributed by atoms with E-state index < -0.39 is 0 Å². The SMILES string of the molecule is CCC(C(=O)c1ccccc1)N(C)C1CCN(CC)CC1. The smallest absolute Gasteiger partial charge is 0.179 e.